The summed E-state index contributed by atoms with van der Waals surface area (Å²) in [6.07, 6.45) is 5.24. The van der Waals surface area contributed by atoms with Crippen molar-refractivity contribution in [3.8, 4) is 0 Å². The molecule has 0 aromatic carbocycles. The van der Waals surface area contributed by atoms with E-state index in [-0.39, 0.29) is 11.8 Å². The van der Waals surface area contributed by atoms with E-state index in [0.717, 1.165) is 49.5 Å². The number of carbonyl (C=O) groups is 2. The van der Waals surface area contributed by atoms with E-state index < -0.39 is 5.54 Å². The molecule has 28 heavy (non-hydrogen) atoms. The van der Waals surface area contributed by atoms with Crippen LogP contribution in [-0.2, 0) is 11.3 Å². The number of nitrogens with one attached hydrogen (secondary N) is 2. The molecule has 148 valence electrons. The molecule has 0 aliphatic carbocycles. The van der Waals surface area contributed by atoms with Gasteiger partial charge in [-0.25, -0.2) is 0 Å². The van der Waals surface area contributed by atoms with Gasteiger partial charge in [0.05, 0.1) is 11.5 Å². The number of piperidine rings is 1. The maximum absolute atomic E-state index is 12.7. The van der Waals surface area contributed by atoms with Crippen molar-refractivity contribution < 1.29 is 9.59 Å². The number of nitrogens with zero attached hydrogens (tertiary/aromatic N) is 3. The predicted molar refractivity (Wildman–Crippen MR) is 108 cm³/mol. The Morgan fingerprint density at radius 3 is 2.86 bits per heavy atom. The normalized spacial score (nSPS) is 19.6. The fourth-order valence-electron chi connectivity index (χ4n) is 4.06. The highest BCUT2D eigenvalue weighted by Crippen LogP contribution is 2.33. The van der Waals surface area contributed by atoms with Crippen molar-refractivity contribution >= 4 is 23.2 Å². The predicted octanol–water partition coefficient (Wildman–Crippen LogP) is 1.30. The largest absolute Gasteiger partial charge is 0.350 e. The van der Waals surface area contributed by atoms with Gasteiger partial charge in [0.25, 0.3) is 5.91 Å². The maximum atomic E-state index is 12.7. The van der Waals surface area contributed by atoms with E-state index >= 15 is 0 Å². The van der Waals surface area contributed by atoms with Gasteiger partial charge in [0.1, 0.15) is 5.54 Å². The molecule has 1 spiro atoms. The number of hydrogen-bond donors (Lipinski definition) is 2. The fourth-order valence-corrected chi connectivity index (χ4v) is 4.70. The first-order chi connectivity index (χ1) is 13.7. The van der Waals surface area contributed by atoms with Crippen molar-refractivity contribution in [2.24, 2.45) is 0 Å². The molecular weight excluding hydrogens is 374 g/mol. The van der Waals surface area contributed by atoms with Crippen LogP contribution in [0.25, 0.3) is 0 Å². The van der Waals surface area contributed by atoms with E-state index in [1.165, 1.54) is 11.3 Å². The van der Waals surface area contributed by atoms with Gasteiger partial charge >= 0.3 is 0 Å². The van der Waals surface area contributed by atoms with Gasteiger partial charge in [-0.1, -0.05) is 12.1 Å². The first-order valence-corrected chi connectivity index (χ1v) is 10.5. The van der Waals surface area contributed by atoms with Crippen molar-refractivity contribution in [2.45, 2.75) is 24.9 Å². The number of carbonyl (C=O) groups excluding carboxylic acids is 2. The minimum Gasteiger partial charge on any atom is -0.350 e. The van der Waals surface area contributed by atoms with Gasteiger partial charge in [-0.3, -0.25) is 19.5 Å². The van der Waals surface area contributed by atoms with Crippen molar-refractivity contribution in [3.63, 3.8) is 0 Å². The molecule has 2 aliphatic heterocycles. The molecule has 2 fully saturated rings. The van der Waals surface area contributed by atoms with E-state index in [9.17, 15) is 9.59 Å². The third-order valence-electron chi connectivity index (χ3n) is 5.70. The average Bonchev–Trinajstić information content (AvgIpc) is 3.35. The molecule has 2 aromatic rings. The number of aromatic nitrogens is 1. The molecule has 2 saturated heterocycles. The van der Waals surface area contributed by atoms with Gasteiger partial charge in [-0.2, -0.15) is 0 Å². The van der Waals surface area contributed by atoms with Gasteiger partial charge in [0.2, 0.25) is 5.91 Å². The van der Waals surface area contributed by atoms with Gasteiger partial charge < -0.3 is 15.5 Å². The van der Waals surface area contributed by atoms with E-state index in [0.29, 0.717) is 13.2 Å². The molecular formula is C20H25N5O2S. The van der Waals surface area contributed by atoms with Crippen molar-refractivity contribution in [1.29, 1.82) is 0 Å². The van der Waals surface area contributed by atoms with Crippen LogP contribution < -0.4 is 10.6 Å². The lowest BCUT2D eigenvalue weighted by Crippen LogP contribution is -2.56. The average molecular weight is 400 g/mol. The SMILES string of the molecule is O=C(NCCN1CCC2(CC1)C(=O)NCN2Cc1cccnc1)c1cccs1. The highest BCUT2D eigenvalue weighted by molar-refractivity contribution is 7.12. The first kappa shape index (κ1) is 19.0. The van der Waals surface area contributed by atoms with Crippen LogP contribution in [-0.4, -0.2) is 65.0 Å². The zero-order valence-electron chi connectivity index (χ0n) is 15.8. The molecule has 2 aromatic heterocycles. The Bertz CT molecular complexity index is 803. The van der Waals surface area contributed by atoms with Gasteiger partial charge in [0.15, 0.2) is 0 Å². The van der Waals surface area contributed by atoms with E-state index in [2.05, 4.69) is 31.5 Å². The van der Waals surface area contributed by atoms with Crippen LogP contribution in [0.4, 0.5) is 0 Å². The van der Waals surface area contributed by atoms with Gasteiger partial charge in [-0.05, 0) is 35.9 Å². The topological polar surface area (TPSA) is 77.6 Å². The highest BCUT2D eigenvalue weighted by atomic mass is 32.1. The Morgan fingerprint density at radius 1 is 1.29 bits per heavy atom. The number of likely N-dealkylation sites (tertiary alicyclic amines) is 1. The molecule has 7 nitrogen and oxygen atoms in total. The summed E-state index contributed by atoms with van der Waals surface area (Å²) in [5.74, 6) is 0.128. The molecule has 4 heterocycles. The molecule has 0 atom stereocenters. The summed E-state index contributed by atoms with van der Waals surface area (Å²) < 4.78 is 0. The minimum atomic E-state index is -0.424. The molecule has 4 rings (SSSR count). The lowest BCUT2D eigenvalue weighted by molar-refractivity contribution is -0.129. The molecule has 0 radical (unpaired) electrons. The highest BCUT2D eigenvalue weighted by Gasteiger charge is 2.49. The second-order valence-electron chi connectivity index (χ2n) is 7.33. The summed E-state index contributed by atoms with van der Waals surface area (Å²) >= 11 is 1.45. The van der Waals surface area contributed by atoms with E-state index in [1.807, 2.05) is 29.8 Å². The van der Waals surface area contributed by atoms with Gasteiger partial charge in [-0.15, -0.1) is 11.3 Å². The van der Waals surface area contributed by atoms with Crippen LogP contribution in [0.5, 0.6) is 0 Å². The summed E-state index contributed by atoms with van der Waals surface area (Å²) in [6.45, 7) is 4.44. The number of rotatable bonds is 6. The number of pyridine rings is 1. The summed E-state index contributed by atoms with van der Waals surface area (Å²) in [4.78, 5) is 34.2. The van der Waals surface area contributed by atoms with Crippen molar-refractivity contribution in [2.75, 3.05) is 32.8 Å². The zero-order chi connectivity index (χ0) is 19.4. The summed E-state index contributed by atoms with van der Waals surface area (Å²) in [5.41, 5.74) is 0.698. The molecule has 2 aliphatic rings. The Balaban J connectivity index is 1.29. The smallest absolute Gasteiger partial charge is 0.261 e. The Morgan fingerprint density at radius 2 is 2.14 bits per heavy atom. The van der Waals surface area contributed by atoms with Crippen LogP contribution in [0, 0.1) is 0 Å². The Labute approximate surface area is 168 Å². The molecule has 0 unspecified atom stereocenters. The molecule has 0 bridgehead atoms. The van der Waals surface area contributed by atoms with Crippen LogP contribution in [0.3, 0.4) is 0 Å². The standard InChI is InChI=1S/C20H25N5O2S/c26-18(17-4-2-12-28-17)22-8-11-24-9-5-20(6-10-24)19(27)23-15-25(20)14-16-3-1-7-21-13-16/h1-4,7,12-13H,5-6,8-11,14-15H2,(H,22,26)(H,23,27). The van der Waals surface area contributed by atoms with Crippen molar-refractivity contribution in [1.82, 2.24) is 25.4 Å². The van der Waals surface area contributed by atoms with E-state index in [4.69, 9.17) is 0 Å². The Hall–Kier alpha value is -2.29. The van der Waals surface area contributed by atoms with E-state index in [1.54, 1.807) is 6.20 Å². The summed E-state index contributed by atoms with van der Waals surface area (Å²) in [5, 5.41) is 7.91. The molecule has 2 N–H and O–H groups in total. The van der Waals surface area contributed by atoms with Crippen LogP contribution in [0.15, 0.2) is 42.0 Å². The molecule has 0 saturated carbocycles. The molecule has 2 amide bonds. The van der Waals surface area contributed by atoms with Crippen LogP contribution in [0.2, 0.25) is 0 Å². The fraction of sp³-hybridized carbons (Fsp3) is 0.450. The number of thiophene rings is 1. The summed E-state index contributed by atoms with van der Waals surface area (Å²) in [6, 6.07) is 7.70. The summed E-state index contributed by atoms with van der Waals surface area (Å²) in [7, 11) is 0. The third-order valence-corrected chi connectivity index (χ3v) is 6.57. The first-order valence-electron chi connectivity index (χ1n) is 9.64. The second-order valence-corrected chi connectivity index (χ2v) is 8.28. The third kappa shape index (κ3) is 3.94. The minimum absolute atomic E-state index is 0.0127. The quantitative estimate of drug-likeness (QED) is 0.766. The number of amides is 2. The lowest BCUT2D eigenvalue weighted by Gasteiger charge is -2.42. The van der Waals surface area contributed by atoms with Crippen LogP contribution in [0.1, 0.15) is 28.1 Å². The zero-order valence-corrected chi connectivity index (χ0v) is 16.6. The number of hydrogen-bond acceptors (Lipinski definition) is 6. The monoisotopic (exact) mass is 399 g/mol. The van der Waals surface area contributed by atoms with Gasteiger partial charge in [0, 0.05) is 45.1 Å². The van der Waals surface area contributed by atoms with Crippen molar-refractivity contribution in [3.05, 3.63) is 52.5 Å². The lowest BCUT2D eigenvalue weighted by atomic mass is 9.86. The maximum Gasteiger partial charge on any atom is 0.261 e. The Kier molecular flexibility index (Phi) is 5.70. The molecule has 8 heteroatoms. The second kappa shape index (κ2) is 8.38. The van der Waals surface area contributed by atoms with Crippen LogP contribution >= 0.6 is 11.3 Å².